The highest BCUT2D eigenvalue weighted by molar-refractivity contribution is 6.30. The SMILES string of the molecule is O[C@@H]1[C@@H](n2cc(-c3cc(F)c(F)c(F)c3)nn2)[C@H]2O[C@@H](c3ccccc3)OC[C@H]2O[C@H]1n1nncc1-c1cccc(Cl)c1.[N-]=[N+]=N[C@@H]1O[C@@H]2CO[C@H](c3ccccc3)O[C@@H]2[C@H](n2cc(-c3cc(F)c(F)c(F)c3)nn2)[C@H]1O. The van der Waals surface area contributed by atoms with Gasteiger partial charge in [0, 0.05) is 37.8 Å². The second-order valence-corrected chi connectivity index (χ2v) is 18.3. The van der Waals surface area contributed by atoms with Crippen LogP contribution in [0.1, 0.15) is 42.0 Å². The molecule has 3 aromatic heterocycles. The molecule has 27 heteroatoms. The van der Waals surface area contributed by atoms with Gasteiger partial charge in [-0.25, -0.2) is 40.4 Å². The summed E-state index contributed by atoms with van der Waals surface area (Å²) in [6.45, 7) is 0.169. The van der Waals surface area contributed by atoms with Crippen molar-refractivity contribution in [3.05, 3.63) is 189 Å². The summed E-state index contributed by atoms with van der Waals surface area (Å²) in [5.74, 6) is -8.68. The molecule has 8 aromatic rings. The van der Waals surface area contributed by atoms with E-state index in [-0.39, 0.29) is 35.7 Å². The number of halogens is 7. The first kappa shape index (κ1) is 51.5. The quantitative estimate of drug-likeness (QED) is 0.0455. The zero-order valence-electron chi connectivity index (χ0n) is 39.3. The lowest BCUT2D eigenvalue weighted by molar-refractivity contribution is -0.328. The Labute approximate surface area is 435 Å². The Bertz CT molecular complexity index is 3410. The summed E-state index contributed by atoms with van der Waals surface area (Å²) >= 11 is 6.22. The molecule has 0 radical (unpaired) electrons. The van der Waals surface area contributed by atoms with E-state index in [9.17, 15) is 36.6 Å². The minimum Gasteiger partial charge on any atom is -0.388 e. The Morgan fingerprint density at radius 1 is 0.597 bits per heavy atom. The van der Waals surface area contributed by atoms with E-state index >= 15 is 0 Å². The van der Waals surface area contributed by atoms with Gasteiger partial charge >= 0.3 is 0 Å². The second-order valence-electron chi connectivity index (χ2n) is 17.9. The summed E-state index contributed by atoms with van der Waals surface area (Å²) < 4.78 is 123. The summed E-state index contributed by atoms with van der Waals surface area (Å²) in [6, 6.07) is 26.7. The predicted octanol–water partition coefficient (Wildman–Crippen LogP) is 8.30. The number of hydrogen-bond donors (Lipinski definition) is 2. The molecule has 0 amide bonds. The average molecular weight is 1090 g/mol. The van der Waals surface area contributed by atoms with Gasteiger partial charge < -0.3 is 38.6 Å². The number of ether oxygens (including phenoxy) is 6. The second kappa shape index (κ2) is 21.8. The molecule has 4 aliphatic heterocycles. The predicted molar refractivity (Wildman–Crippen MR) is 253 cm³/mol. The molecule has 0 spiro atoms. The van der Waals surface area contributed by atoms with Crippen LogP contribution in [-0.2, 0) is 28.4 Å². The van der Waals surface area contributed by atoms with Gasteiger partial charge in [-0.15, -0.1) is 15.3 Å². The molecule has 0 unspecified atom stereocenters. The van der Waals surface area contributed by atoms with Crippen molar-refractivity contribution in [1.29, 1.82) is 0 Å². The first-order valence-corrected chi connectivity index (χ1v) is 23.9. The van der Waals surface area contributed by atoms with Crippen LogP contribution in [0.2, 0.25) is 5.02 Å². The van der Waals surface area contributed by atoms with E-state index in [2.05, 4.69) is 41.0 Å². The maximum Gasteiger partial charge on any atom is 0.194 e. The number of aliphatic hydroxyl groups is 2. The highest BCUT2D eigenvalue weighted by atomic mass is 35.5. The number of fused-ring (bicyclic) bond motifs is 2. The fourth-order valence-electron chi connectivity index (χ4n) is 9.51. The van der Waals surface area contributed by atoms with Gasteiger partial charge in [0.15, 0.2) is 59.9 Å². The van der Waals surface area contributed by atoms with Crippen LogP contribution in [0.25, 0.3) is 44.2 Å². The molecule has 4 saturated heterocycles. The Kier molecular flexibility index (Phi) is 14.6. The van der Waals surface area contributed by atoms with Crippen molar-refractivity contribution in [2.24, 2.45) is 5.11 Å². The van der Waals surface area contributed by atoms with Gasteiger partial charge in [0.25, 0.3) is 0 Å². The van der Waals surface area contributed by atoms with Crippen molar-refractivity contribution < 1.29 is 65.0 Å². The Morgan fingerprint density at radius 2 is 1.10 bits per heavy atom. The molecule has 2 N–H and O–H groups in total. The highest BCUT2D eigenvalue weighted by Crippen LogP contribution is 2.44. The molecular weight excluding hydrogens is 1050 g/mol. The number of aromatic nitrogens is 9. The lowest BCUT2D eigenvalue weighted by atomic mass is 9.94. The van der Waals surface area contributed by atoms with Crippen LogP contribution in [0, 0.1) is 34.9 Å². The van der Waals surface area contributed by atoms with Crippen molar-refractivity contribution in [2.45, 2.75) is 73.7 Å². The van der Waals surface area contributed by atoms with Crippen LogP contribution in [0.4, 0.5) is 26.3 Å². The van der Waals surface area contributed by atoms with E-state index in [1.807, 2.05) is 66.7 Å². The number of azide groups is 1. The van der Waals surface area contributed by atoms with Crippen molar-refractivity contribution in [3.63, 3.8) is 0 Å². The summed E-state index contributed by atoms with van der Waals surface area (Å²) in [6.07, 6.45) is -5.44. The maximum atomic E-state index is 14.0. The van der Waals surface area contributed by atoms with Crippen LogP contribution >= 0.6 is 11.6 Å². The molecule has 0 bridgehead atoms. The third-order valence-electron chi connectivity index (χ3n) is 13.1. The van der Waals surface area contributed by atoms with Crippen molar-refractivity contribution >= 4 is 11.6 Å². The van der Waals surface area contributed by atoms with E-state index in [4.69, 9.17) is 45.6 Å². The van der Waals surface area contributed by atoms with E-state index in [1.54, 1.807) is 18.2 Å². The molecule has 20 nitrogen and oxygen atoms in total. The molecule has 12 atom stereocenters. The summed E-state index contributed by atoms with van der Waals surface area (Å²) in [4.78, 5) is 2.71. The lowest BCUT2D eigenvalue weighted by Gasteiger charge is -2.48. The molecular formula is C50H39ClF6N12O8. The van der Waals surface area contributed by atoms with E-state index in [0.29, 0.717) is 16.3 Å². The number of nitrogens with zero attached hydrogens (tertiary/aromatic N) is 12. The van der Waals surface area contributed by atoms with Gasteiger partial charge in [0.2, 0.25) is 0 Å². The Hall–Kier alpha value is -7.62. The average Bonchev–Trinajstić information content (AvgIpc) is 4.38. The van der Waals surface area contributed by atoms with E-state index < -0.39 is 109 Å². The van der Waals surface area contributed by atoms with Crippen LogP contribution < -0.4 is 0 Å². The first-order chi connectivity index (χ1) is 37.3. The van der Waals surface area contributed by atoms with Gasteiger partial charge in [-0.1, -0.05) is 105 Å². The lowest BCUT2D eigenvalue weighted by Crippen LogP contribution is -2.58. The molecule has 7 heterocycles. The minimum atomic E-state index is -1.60. The Balaban J connectivity index is 0.000000169. The zero-order valence-corrected chi connectivity index (χ0v) is 40.1. The molecule has 396 valence electrons. The fourth-order valence-corrected chi connectivity index (χ4v) is 9.70. The number of rotatable bonds is 9. The zero-order chi connectivity index (χ0) is 53.5. The van der Waals surface area contributed by atoms with Gasteiger partial charge in [-0.05, 0) is 41.9 Å². The summed E-state index contributed by atoms with van der Waals surface area (Å²) in [5.41, 5.74) is 11.6. The van der Waals surface area contributed by atoms with Gasteiger partial charge in [0.05, 0.1) is 37.5 Å². The minimum absolute atomic E-state index is 0.0278. The molecule has 4 fully saturated rings. The largest absolute Gasteiger partial charge is 0.388 e. The summed E-state index contributed by atoms with van der Waals surface area (Å²) in [5, 5.41) is 51.2. The number of hydrogen-bond acceptors (Lipinski definition) is 15. The topological polar surface area (TPSA) is 237 Å². The molecule has 0 saturated carbocycles. The standard InChI is InChI=1S/C29H22ClF3N6O4.C21H17F3N6O4/c30-18-8-4-7-16(9-18)22-12-34-36-39(22)28-26(40)25(27-23(42-28)14-41-29(43-27)15-5-2-1-3-6-15)38-13-21(35-37-38)17-10-19(31)24(33)20(32)11-17;22-12-6-11(7-13(23)16(12)24)14-8-30(29-26-14)17-18(31)20(27-28-25)33-15-9-32-21(34-19(15)17)10-4-2-1-3-5-10/h1-13,23,25-29,40H,14H2;1-8,15,17-21,31H,9H2/t23-,25-,26-,27+,28-,29+;15-,17-,18-,19+,20-,21+/m11/s1. The first-order valence-electron chi connectivity index (χ1n) is 23.5. The van der Waals surface area contributed by atoms with Gasteiger partial charge in [0.1, 0.15) is 60.1 Å². The van der Waals surface area contributed by atoms with E-state index in [1.165, 1.54) is 32.6 Å². The van der Waals surface area contributed by atoms with Crippen LogP contribution in [0.5, 0.6) is 0 Å². The summed E-state index contributed by atoms with van der Waals surface area (Å²) in [7, 11) is 0. The highest BCUT2D eigenvalue weighted by Gasteiger charge is 2.53. The van der Waals surface area contributed by atoms with Gasteiger partial charge in [-0.2, -0.15) is 0 Å². The third-order valence-corrected chi connectivity index (χ3v) is 13.4. The molecule has 4 aliphatic rings. The smallest absolute Gasteiger partial charge is 0.194 e. The normalized spacial score (nSPS) is 26.9. The van der Waals surface area contributed by atoms with Crippen molar-refractivity contribution in [3.8, 4) is 33.8 Å². The van der Waals surface area contributed by atoms with Crippen LogP contribution in [0.15, 0.2) is 133 Å². The maximum absolute atomic E-state index is 14.0. The van der Waals surface area contributed by atoms with Gasteiger partial charge in [-0.3, -0.25) is 0 Å². The van der Waals surface area contributed by atoms with Crippen LogP contribution in [-0.4, -0.2) is 111 Å². The number of benzene rings is 5. The molecule has 5 aromatic carbocycles. The van der Waals surface area contributed by atoms with E-state index in [0.717, 1.165) is 35.4 Å². The fraction of sp³-hybridized carbons (Fsp3) is 0.280. The molecule has 0 aliphatic carbocycles. The number of aliphatic hydroxyl groups excluding tert-OH is 2. The van der Waals surface area contributed by atoms with Crippen LogP contribution in [0.3, 0.4) is 0 Å². The van der Waals surface area contributed by atoms with Crippen molar-refractivity contribution in [1.82, 2.24) is 45.0 Å². The van der Waals surface area contributed by atoms with Crippen molar-refractivity contribution in [2.75, 3.05) is 13.2 Å². The molecule has 77 heavy (non-hydrogen) atoms. The molecule has 12 rings (SSSR count). The third kappa shape index (κ3) is 10.3. The monoisotopic (exact) mass is 1080 g/mol. The Morgan fingerprint density at radius 3 is 1.61 bits per heavy atom.